The monoisotopic (exact) mass is 375 g/mol. The van der Waals surface area contributed by atoms with E-state index >= 15 is 0 Å². The zero-order valence-corrected chi connectivity index (χ0v) is 16.2. The van der Waals surface area contributed by atoms with Crippen molar-refractivity contribution in [2.24, 2.45) is 0 Å². The zero-order valence-electron chi connectivity index (χ0n) is 15.4. The standard InChI is InChI=1S/C19H25N3O3S/c1-4-13(3)22-26(24,25)17-11-14(10-9-12(17)2)18-15-7-5-6-8-16(15)19(23)21-20-18/h9-11,13,22H,4-8H2,1-3H3,(H,21,23). The highest BCUT2D eigenvalue weighted by Crippen LogP contribution is 2.30. The topological polar surface area (TPSA) is 91.9 Å². The Balaban J connectivity index is 2.11. The van der Waals surface area contributed by atoms with Gasteiger partial charge in [-0.3, -0.25) is 4.79 Å². The largest absolute Gasteiger partial charge is 0.268 e. The molecule has 0 amide bonds. The Morgan fingerprint density at radius 1 is 1.23 bits per heavy atom. The highest BCUT2D eigenvalue weighted by Gasteiger charge is 2.23. The third-order valence-electron chi connectivity index (χ3n) is 5.02. The first-order chi connectivity index (χ1) is 12.3. The predicted octanol–water partition coefficient (Wildman–Crippen LogP) is 2.70. The number of fused-ring (bicyclic) bond motifs is 1. The van der Waals surface area contributed by atoms with E-state index in [1.165, 1.54) is 0 Å². The van der Waals surface area contributed by atoms with E-state index in [1.807, 2.05) is 19.9 Å². The number of hydrogen-bond acceptors (Lipinski definition) is 4. The smallest absolute Gasteiger partial charge is 0.267 e. The van der Waals surface area contributed by atoms with Crippen LogP contribution < -0.4 is 10.3 Å². The Kier molecular flexibility index (Phi) is 5.29. The van der Waals surface area contributed by atoms with Crippen molar-refractivity contribution >= 4 is 10.0 Å². The van der Waals surface area contributed by atoms with Gasteiger partial charge in [0.15, 0.2) is 0 Å². The van der Waals surface area contributed by atoms with Gasteiger partial charge in [-0.2, -0.15) is 5.10 Å². The van der Waals surface area contributed by atoms with E-state index in [1.54, 1.807) is 19.1 Å². The van der Waals surface area contributed by atoms with E-state index in [2.05, 4.69) is 14.9 Å². The lowest BCUT2D eigenvalue weighted by molar-refractivity contribution is 0.555. The molecule has 1 aliphatic carbocycles. The molecule has 0 aliphatic heterocycles. The summed E-state index contributed by atoms with van der Waals surface area (Å²) in [7, 11) is -3.61. The minimum atomic E-state index is -3.61. The first-order valence-electron chi connectivity index (χ1n) is 9.07. The molecule has 26 heavy (non-hydrogen) atoms. The van der Waals surface area contributed by atoms with Gasteiger partial charge in [-0.05, 0) is 63.1 Å². The lowest BCUT2D eigenvalue weighted by Crippen LogP contribution is -2.32. The van der Waals surface area contributed by atoms with Gasteiger partial charge in [-0.1, -0.05) is 19.1 Å². The van der Waals surface area contributed by atoms with Gasteiger partial charge >= 0.3 is 0 Å². The van der Waals surface area contributed by atoms with E-state index in [9.17, 15) is 13.2 Å². The van der Waals surface area contributed by atoms with Crippen LogP contribution in [-0.2, 0) is 22.9 Å². The second kappa shape index (κ2) is 7.32. The molecule has 7 heteroatoms. The molecule has 6 nitrogen and oxygen atoms in total. The van der Waals surface area contributed by atoms with Crippen LogP contribution >= 0.6 is 0 Å². The molecule has 1 heterocycles. The van der Waals surface area contributed by atoms with Gasteiger partial charge < -0.3 is 0 Å². The highest BCUT2D eigenvalue weighted by molar-refractivity contribution is 7.89. The van der Waals surface area contributed by atoms with Crippen molar-refractivity contribution < 1.29 is 8.42 Å². The summed E-state index contributed by atoms with van der Waals surface area (Å²) in [6.45, 7) is 5.56. The molecule has 3 rings (SSSR count). The summed E-state index contributed by atoms with van der Waals surface area (Å²) >= 11 is 0. The summed E-state index contributed by atoms with van der Waals surface area (Å²) < 4.78 is 28.2. The van der Waals surface area contributed by atoms with Crippen LogP contribution in [-0.4, -0.2) is 24.7 Å². The molecule has 140 valence electrons. The number of hydrogen-bond donors (Lipinski definition) is 2. The number of nitrogens with zero attached hydrogens (tertiary/aromatic N) is 1. The number of aromatic amines is 1. The summed E-state index contributed by atoms with van der Waals surface area (Å²) in [6, 6.07) is 5.19. The molecule has 0 radical (unpaired) electrons. The quantitative estimate of drug-likeness (QED) is 0.840. The first kappa shape index (κ1) is 18.8. The van der Waals surface area contributed by atoms with Crippen LogP contribution in [0.15, 0.2) is 27.9 Å². The molecule has 0 saturated carbocycles. The van der Waals surface area contributed by atoms with Crippen molar-refractivity contribution in [3.63, 3.8) is 0 Å². The van der Waals surface area contributed by atoms with Gasteiger partial charge in [0.2, 0.25) is 10.0 Å². The maximum atomic E-state index is 12.8. The van der Waals surface area contributed by atoms with E-state index in [4.69, 9.17) is 0 Å². The highest BCUT2D eigenvalue weighted by atomic mass is 32.2. The van der Waals surface area contributed by atoms with Gasteiger partial charge in [0, 0.05) is 17.2 Å². The number of aromatic nitrogens is 2. The van der Waals surface area contributed by atoms with Crippen LogP contribution in [0.25, 0.3) is 11.3 Å². The van der Waals surface area contributed by atoms with Gasteiger partial charge in [-0.15, -0.1) is 0 Å². The van der Waals surface area contributed by atoms with Crippen molar-refractivity contribution in [2.75, 3.05) is 0 Å². The molecule has 1 atom stereocenters. The Labute approximate surface area is 154 Å². The van der Waals surface area contributed by atoms with Crippen LogP contribution in [0.1, 0.15) is 49.8 Å². The van der Waals surface area contributed by atoms with E-state index in [0.717, 1.165) is 42.4 Å². The Morgan fingerprint density at radius 2 is 1.92 bits per heavy atom. The van der Waals surface area contributed by atoms with Crippen LogP contribution in [0.5, 0.6) is 0 Å². The van der Waals surface area contributed by atoms with Gasteiger partial charge in [0.1, 0.15) is 0 Å². The summed E-state index contributed by atoms with van der Waals surface area (Å²) in [4.78, 5) is 12.3. The maximum Gasteiger partial charge on any atom is 0.267 e. The average Bonchev–Trinajstić information content (AvgIpc) is 2.62. The molecule has 1 aliphatic rings. The fourth-order valence-corrected chi connectivity index (χ4v) is 4.94. The summed E-state index contributed by atoms with van der Waals surface area (Å²) in [5, 5.41) is 6.81. The number of nitrogens with one attached hydrogen (secondary N) is 2. The van der Waals surface area contributed by atoms with Crippen molar-refractivity contribution in [1.29, 1.82) is 0 Å². The summed E-state index contributed by atoms with van der Waals surface area (Å²) in [6.07, 6.45) is 4.26. The molecule has 0 bridgehead atoms. The molecule has 1 aromatic heterocycles. The van der Waals surface area contributed by atoms with Crippen LogP contribution in [0.4, 0.5) is 0 Å². The molecule has 0 spiro atoms. The Bertz CT molecular complexity index is 980. The van der Waals surface area contributed by atoms with Crippen molar-refractivity contribution in [2.45, 2.75) is 63.8 Å². The second-order valence-electron chi connectivity index (χ2n) is 6.98. The molecular formula is C19H25N3O3S. The predicted molar refractivity (Wildman–Crippen MR) is 102 cm³/mol. The number of rotatable bonds is 5. The van der Waals surface area contributed by atoms with Crippen molar-refractivity contribution in [3.05, 3.63) is 45.2 Å². The van der Waals surface area contributed by atoms with E-state index in [0.29, 0.717) is 17.7 Å². The van der Waals surface area contributed by atoms with Gasteiger partial charge in [-0.25, -0.2) is 18.2 Å². The maximum absolute atomic E-state index is 12.8. The third kappa shape index (κ3) is 3.59. The molecule has 2 aromatic rings. The molecule has 0 fully saturated rings. The minimum absolute atomic E-state index is 0.137. The lowest BCUT2D eigenvalue weighted by Gasteiger charge is -2.18. The SMILES string of the molecule is CCC(C)NS(=O)(=O)c1cc(-c2n[nH]c(=O)c3c2CCCC3)ccc1C. The Morgan fingerprint density at radius 3 is 2.62 bits per heavy atom. The van der Waals surface area contributed by atoms with Crippen LogP contribution in [0.2, 0.25) is 0 Å². The fourth-order valence-electron chi connectivity index (χ4n) is 3.35. The molecule has 1 unspecified atom stereocenters. The number of sulfonamides is 1. The van der Waals surface area contributed by atoms with Gasteiger partial charge in [0.25, 0.3) is 5.56 Å². The molecule has 2 N–H and O–H groups in total. The summed E-state index contributed by atoms with van der Waals surface area (Å²) in [5.74, 6) is 0. The molecular weight excluding hydrogens is 350 g/mol. The van der Waals surface area contributed by atoms with E-state index in [-0.39, 0.29) is 16.5 Å². The zero-order chi connectivity index (χ0) is 18.9. The number of H-pyrrole nitrogens is 1. The third-order valence-corrected chi connectivity index (χ3v) is 6.75. The fraction of sp³-hybridized carbons (Fsp3) is 0.474. The van der Waals surface area contributed by atoms with Crippen molar-refractivity contribution in [3.8, 4) is 11.3 Å². The van der Waals surface area contributed by atoms with Crippen molar-refractivity contribution in [1.82, 2.24) is 14.9 Å². The van der Waals surface area contributed by atoms with Crippen LogP contribution in [0.3, 0.4) is 0 Å². The van der Waals surface area contributed by atoms with Crippen LogP contribution in [0, 0.1) is 6.92 Å². The second-order valence-corrected chi connectivity index (χ2v) is 8.66. The minimum Gasteiger partial charge on any atom is -0.268 e. The Hall–Kier alpha value is -1.99. The average molecular weight is 375 g/mol. The normalized spacial score (nSPS) is 15.5. The molecule has 0 saturated heterocycles. The first-order valence-corrected chi connectivity index (χ1v) is 10.6. The summed E-state index contributed by atoms with van der Waals surface area (Å²) in [5.41, 5.74) is 3.67. The van der Waals surface area contributed by atoms with E-state index < -0.39 is 10.0 Å². The van der Waals surface area contributed by atoms with Gasteiger partial charge in [0.05, 0.1) is 10.6 Å². The number of aryl methyl sites for hydroxylation is 1. The number of benzene rings is 1. The molecule has 1 aromatic carbocycles. The lowest BCUT2D eigenvalue weighted by atomic mass is 9.90.